The van der Waals surface area contributed by atoms with Crippen LogP contribution in [0.25, 0.3) is 0 Å². The highest BCUT2D eigenvalue weighted by Gasteiger charge is 2.28. The highest BCUT2D eigenvalue weighted by atomic mass is 19.1. The van der Waals surface area contributed by atoms with Crippen molar-refractivity contribution in [2.24, 2.45) is 0 Å². The summed E-state index contributed by atoms with van der Waals surface area (Å²) >= 11 is 0. The minimum atomic E-state index is -0.678. The van der Waals surface area contributed by atoms with Crippen LogP contribution < -0.4 is 4.74 Å². The van der Waals surface area contributed by atoms with Gasteiger partial charge in [-0.2, -0.15) is 0 Å². The number of hydrogen-bond acceptors (Lipinski definition) is 3. The van der Waals surface area contributed by atoms with Crippen molar-refractivity contribution in [3.63, 3.8) is 0 Å². The van der Waals surface area contributed by atoms with Gasteiger partial charge in [0.15, 0.2) is 0 Å². The molecular formula is C15H13FO3. The van der Waals surface area contributed by atoms with Crippen LogP contribution >= 0.6 is 0 Å². The Kier molecular flexibility index (Phi) is 2.87. The molecule has 0 fully saturated rings. The summed E-state index contributed by atoms with van der Waals surface area (Å²) in [5, 5.41) is 19.3. The number of phenolic OH excluding ortho intramolecular Hbond substituents is 1. The van der Waals surface area contributed by atoms with Crippen LogP contribution in [0.15, 0.2) is 42.5 Å². The van der Waals surface area contributed by atoms with Gasteiger partial charge in [-0.1, -0.05) is 12.1 Å². The van der Waals surface area contributed by atoms with Crippen LogP contribution in [0.4, 0.5) is 4.39 Å². The Morgan fingerprint density at radius 1 is 1.11 bits per heavy atom. The predicted octanol–water partition coefficient (Wildman–Crippen LogP) is 3.09. The average Bonchev–Trinajstić information content (AvgIpc) is 2.38. The first-order valence-corrected chi connectivity index (χ1v) is 6.06. The fourth-order valence-electron chi connectivity index (χ4n) is 2.31. The van der Waals surface area contributed by atoms with E-state index in [-0.39, 0.29) is 11.9 Å². The van der Waals surface area contributed by atoms with E-state index in [0.29, 0.717) is 17.7 Å². The molecule has 4 heteroatoms. The molecule has 0 aliphatic carbocycles. The molecule has 1 aliphatic heterocycles. The van der Waals surface area contributed by atoms with E-state index in [4.69, 9.17) is 4.74 Å². The molecular weight excluding hydrogens is 247 g/mol. The topological polar surface area (TPSA) is 49.7 Å². The number of aliphatic hydroxyl groups excluding tert-OH is 1. The second-order valence-electron chi connectivity index (χ2n) is 4.63. The van der Waals surface area contributed by atoms with Gasteiger partial charge in [-0.05, 0) is 29.8 Å². The Morgan fingerprint density at radius 2 is 1.84 bits per heavy atom. The molecule has 0 saturated heterocycles. The second kappa shape index (κ2) is 4.55. The van der Waals surface area contributed by atoms with Gasteiger partial charge in [-0.15, -0.1) is 0 Å². The number of hydrogen-bond donors (Lipinski definition) is 2. The molecule has 0 saturated carbocycles. The van der Waals surface area contributed by atoms with Gasteiger partial charge in [0.05, 0.1) is 6.10 Å². The molecule has 2 N–H and O–H groups in total. The Hall–Kier alpha value is -2.07. The van der Waals surface area contributed by atoms with E-state index >= 15 is 0 Å². The number of benzene rings is 2. The molecule has 98 valence electrons. The normalized spacial score (nSPS) is 21.6. The van der Waals surface area contributed by atoms with Gasteiger partial charge in [-0.3, -0.25) is 0 Å². The van der Waals surface area contributed by atoms with Crippen molar-refractivity contribution in [3.8, 4) is 11.5 Å². The molecule has 3 nitrogen and oxygen atoms in total. The maximum atomic E-state index is 13.2. The first-order chi connectivity index (χ1) is 9.13. The third-order valence-corrected chi connectivity index (χ3v) is 3.31. The Morgan fingerprint density at radius 3 is 2.58 bits per heavy atom. The molecule has 1 unspecified atom stereocenters. The van der Waals surface area contributed by atoms with Crippen molar-refractivity contribution in [1.82, 2.24) is 0 Å². The van der Waals surface area contributed by atoms with E-state index in [0.717, 1.165) is 5.56 Å². The minimum absolute atomic E-state index is 0.173. The Labute approximate surface area is 109 Å². The predicted molar refractivity (Wildman–Crippen MR) is 67.5 cm³/mol. The molecule has 2 aromatic carbocycles. The van der Waals surface area contributed by atoms with E-state index in [1.807, 2.05) is 0 Å². The van der Waals surface area contributed by atoms with Gasteiger partial charge in [-0.25, -0.2) is 4.39 Å². The monoisotopic (exact) mass is 260 g/mol. The van der Waals surface area contributed by atoms with Crippen LogP contribution in [-0.4, -0.2) is 10.2 Å². The molecule has 0 bridgehead atoms. The molecule has 0 amide bonds. The Bertz CT molecular complexity index is 595. The number of halogens is 1. The number of fused-ring (bicyclic) bond motifs is 1. The number of phenols is 1. The van der Waals surface area contributed by atoms with Crippen molar-refractivity contribution in [1.29, 1.82) is 0 Å². The number of aromatic hydroxyl groups is 1. The molecule has 2 aromatic rings. The Balaban J connectivity index is 1.93. The summed E-state index contributed by atoms with van der Waals surface area (Å²) in [5.41, 5.74) is 1.45. The third-order valence-electron chi connectivity index (χ3n) is 3.31. The van der Waals surface area contributed by atoms with Crippen molar-refractivity contribution < 1.29 is 19.3 Å². The van der Waals surface area contributed by atoms with E-state index in [1.165, 1.54) is 12.1 Å². The first-order valence-electron chi connectivity index (χ1n) is 6.06. The molecule has 3 rings (SSSR count). The van der Waals surface area contributed by atoms with Crippen LogP contribution in [0.3, 0.4) is 0 Å². The van der Waals surface area contributed by atoms with Gasteiger partial charge >= 0.3 is 0 Å². The van der Waals surface area contributed by atoms with Gasteiger partial charge in [0.1, 0.15) is 23.4 Å². The van der Waals surface area contributed by atoms with Gasteiger partial charge in [0, 0.05) is 18.1 Å². The lowest BCUT2D eigenvalue weighted by Crippen LogP contribution is -2.19. The fraction of sp³-hybridized carbons (Fsp3) is 0.200. The van der Waals surface area contributed by atoms with Crippen LogP contribution in [0.2, 0.25) is 0 Å². The second-order valence-corrected chi connectivity index (χ2v) is 4.63. The first kappa shape index (κ1) is 12.0. The lowest BCUT2D eigenvalue weighted by molar-refractivity contribution is 0.0653. The lowest BCUT2D eigenvalue weighted by Gasteiger charge is -2.29. The van der Waals surface area contributed by atoms with E-state index < -0.39 is 11.9 Å². The maximum Gasteiger partial charge on any atom is 0.128 e. The zero-order valence-corrected chi connectivity index (χ0v) is 10.1. The molecule has 19 heavy (non-hydrogen) atoms. The zero-order valence-electron chi connectivity index (χ0n) is 10.1. The van der Waals surface area contributed by atoms with Crippen LogP contribution in [0.5, 0.6) is 11.5 Å². The summed E-state index contributed by atoms with van der Waals surface area (Å²) < 4.78 is 18.9. The van der Waals surface area contributed by atoms with E-state index in [9.17, 15) is 14.6 Å². The summed E-state index contributed by atoms with van der Waals surface area (Å²) in [5.74, 6) is 0.153. The number of aliphatic hydroxyl groups is 1. The average molecular weight is 260 g/mol. The largest absolute Gasteiger partial charge is 0.508 e. The highest BCUT2D eigenvalue weighted by Crippen LogP contribution is 2.41. The smallest absolute Gasteiger partial charge is 0.128 e. The van der Waals surface area contributed by atoms with Crippen LogP contribution in [-0.2, 0) is 0 Å². The molecule has 2 atom stereocenters. The molecule has 0 aromatic heterocycles. The van der Waals surface area contributed by atoms with Crippen molar-refractivity contribution in [2.75, 3.05) is 0 Å². The van der Waals surface area contributed by atoms with Crippen molar-refractivity contribution in [3.05, 3.63) is 59.4 Å². The summed E-state index contributed by atoms with van der Waals surface area (Å²) in [6, 6.07) is 10.7. The quantitative estimate of drug-likeness (QED) is 0.828. The van der Waals surface area contributed by atoms with Crippen LogP contribution in [0, 0.1) is 5.82 Å². The fourth-order valence-corrected chi connectivity index (χ4v) is 2.31. The van der Waals surface area contributed by atoms with E-state index in [2.05, 4.69) is 0 Å². The van der Waals surface area contributed by atoms with E-state index in [1.54, 1.807) is 30.3 Å². The molecule has 1 heterocycles. The molecule has 0 radical (unpaired) electrons. The highest BCUT2D eigenvalue weighted by molar-refractivity contribution is 5.39. The van der Waals surface area contributed by atoms with Crippen molar-refractivity contribution >= 4 is 0 Å². The number of ether oxygens (including phenoxy) is 1. The SMILES string of the molecule is Oc1ccc(C2C[C@H](O)c3ccc(F)cc3O2)cc1. The summed E-state index contributed by atoms with van der Waals surface area (Å²) in [7, 11) is 0. The third kappa shape index (κ3) is 2.27. The maximum absolute atomic E-state index is 13.2. The van der Waals surface area contributed by atoms with Gasteiger partial charge in [0.25, 0.3) is 0 Å². The standard InChI is InChI=1S/C15H13FO3/c16-10-3-6-12-13(18)8-14(19-15(12)7-10)9-1-4-11(17)5-2-9/h1-7,13-14,17-18H,8H2/t13-,14?/m0/s1. The van der Waals surface area contributed by atoms with Gasteiger partial charge in [0.2, 0.25) is 0 Å². The molecule has 0 spiro atoms. The molecule has 1 aliphatic rings. The summed E-state index contributed by atoms with van der Waals surface area (Å²) in [6.45, 7) is 0. The number of rotatable bonds is 1. The lowest BCUT2D eigenvalue weighted by atomic mass is 9.95. The van der Waals surface area contributed by atoms with Gasteiger partial charge < -0.3 is 14.9 Å². The summed E-state index contributed by atoms with van der Waals surface area (Å²) in [4.78, 5) is 0. The van der Waals surface area contributed by atoms with Crippen LogP contribution in [0.1, 0.15) is 29.8 Å². The minimum Gasteiger partial charge on any atom is -0.508 e. The summed E-state index contributed by atoms with van der Waals surface area (Å²) in [6.07, 6.45) is -0.614. The van der Waals surface area contributed by atoms with Crippen molar-refractivity contribution in [2.45, 2.75) is 18.6 Å². The zero-order chi connectivity index (χ0) is 13.4.